The van der Waals surface area contributed by atoms with Crippen LogP contribution >= 0.6 is 0 Å². The SMILES string of the molecule is C=Cc1cncc(CN2CCN(C)CC2)c1. The minimum absolute atomic E-state index is 1.00. The summed E-state index contributed by atoms with van der Waals surface area (Å²) in [5.74, 6) is 0. The Hall–Kier alpha value is -1.19. The van der Waals surface area contributed by atoms with Crippen molar-refractivity contribution in [1.82, 2.24) is 14.8 Å². The van der Waals surface area contributed by atoms with Gasteiger partial charge < -0.3 is 4.90 Å². The van der Waals surface area contributed by atoms with Gasteiger partial charge in [-0.1, -0.05) is 12.7 Å². The molecule has 0 radical (unpaired) electrons. The number of pyridine rings is 1. The summed E-state index contributed by atoms with van der Waals surface area (Å²) in [4.78, 5) is 9.07. The van der Waals surface area contributed by atoms with E-state index in [0.29, 0.717) is 0 Å². The predicted octanol–water partition coefficient (Wildman–Crippen LogP) is 1.47. The molecule has 0 saturated carbocycles. The molecule has 0 aliphatic carbocycles. The average molecular weight is 217 g/mol. The Bertz CT molecular complexity index is 354. The van der Waals surface area contributed by atoms with E-state index >= 15 is 0 Å². The fourth-order valence-corrected chi connectivity index (χ4v) is 1.97. The largest absolute Gasteiger partial charge is 0.304 e. The summed E-state index contributed by atoms with van der Waals surface area (Å²) in [6, 6.07) is 2.16. The van der Waals surface area contributed by atoms with Gasteiger partial charge in [0.15, 0.2) is 0 Å². The van der Waals surface area contributed by atoms with Gasteiger partial charge in [-0.25, -0.2) is 0 Å². The highest BCUT2D eigenvalue weighted by atomic mass is 15.2. The average Bonchev–Trinajstić information content (AvgIpc) is 2.32. The molecule has 2 rings (SSSR count). The van der Waals surface area contributed by atoms with Crippen LogP contribution in [0.3, 0.4) is 0 Å². The number of aromatic nitrogens is 1. The molecule has 86 valence electrons. The van der Waals surface area contributed by atoms with E-state index in [2.05, 4.69) is 34.5 Å². The zero-order valence-corrected chi connectivity index (χ0v) is 9.89. The molecule has 0 aromatic carbocycles. The van der Waals surface area contributed by atoms with Gasteiger partial charge in [-0.2, -0.15) is 0 Å². The van der Waals surface area contributed by atoms with E-state index in [0.717, 1.165) is 38.3 Å². The molecule has 0 unspecified atom stereocenters. The highest BCUT2D eigenvalue weighted by Crippen LogP contribution is 2.09. The first kappa shape index (κ1) is 11.3. The molecule has 3 nitrogen and oxygen atoms in total. The van der Waals surface area contributed by atoms with E-state index in [-0.39, 0.29) is 0 Å². The lowest BCUT2D eigenvalue weighted by molar-refractivity contribution is 0.148. The molecule has 1 aromatic rings. The van der Waals surface area contributed by atoms with Crippen molar-refractivity contribution in [2.24, 2.45) is 0 Å². The van der Waals surface area contributed by atoms with Gasteiger partial charge in [-0.3, -0.25) is 9.88 Å². The lowest BCUT2D eigenvalue weighted by Crippen LogP contribution is -2.43. The molecule has 0 amide bonds. The van der Waals surface area contributed by atoms with E-state index in [4.69, 9.17) is 0 Å². The van der Waals surface area contributed by atoms with Crippen LogP contribution in [0.25, 0.3) is 6.08 Å². The number of hydrogen-bond donors (Lipinski definition) is 0. The van der Waals surface area contributed by atoms with Gasteiger partial charge in [0, 0.05) is 45.1 Å². The Morgan fingerprint density at radius 1 is 1.31 bits per heavy atom. The molecule has 16 heavy (non-hydrogen) atoms. The Labute approximate surface area is 97.4 Å². The first-order chi connectivity index (χ1) is 7.78. The van der Waals surface area contributed by atoms with Gasteiger partial charge in [0.25, 0.3) is 0 Å². The van der Waals surface area contributed by atoms with E-state index < -0.39 is 0 Å². The van der Waals surface area contributed by atoms with Gasteiger partial charge in [-0.05, 0) is 24.2 Å². The molecule has 0 atom stereocenters. The Morgan fingerprint density at radius 3 is 2.75 bits per heavy atom. The van der Waals surface area contributed by atoms with Crippen molar-refractivity contribution in [2.45, 2.75) is 6.54 Å². The van der Waals surface area contributed by atoms with Crippen molar-refractivity contribution < 1.29 is 0 Å². The first-order valence-electron chi connectivity index (χ1n) is 5.75. The van der Waals surface area contributed by atoms with Gasteiger partial charge in [0.05, 0.1) is 0 Å². The van der Waals surface area contributed by atoms with Gasteiger partial charge in [-0.15, -0.1) is 0 Å². The van der Waals surface area contributed by atoms with Crippen molar-refractivity contribution >= 4 is 6.08 Å². The fourth-order valence-electron chi connectivity index (χ4n) is 1.97. The molecule has 2 heterocycles. The summed E-state index contributed by atoms with van der Waals surface area (Å²) in [7, 11) is 2.18. The maximum absolute atomic E-state index is 4.23. The summed E-state index contributed by atoms with van der Waals surface area (Å²) in [5.41, 5.74) is 2.38. The van der Waals surface area contributed by atoms with E-state index in [1.807, 2.05) is 18.5 Å². The quantitative estimate of drug-likeness (QED) is 0.764. The van der Waals surface area contributed by atoms with Crippen LogP contribution in [0.1, 0.15) is 11.1 Å². The monoisotopic (exact) mass is 217 g/mol. The molecule has 0 bridgehead atoms. The van der Waals surface area contributed by atoms with Crippen LogP contribution in [0.15, 0.2) is 25.0 Å². The molecule has 1 aromatic heterocycles. The molecule has 1 aliphatic heterocycles. The fraction of sp³-hybridized carbons (Fsp3) is 0.462. The third-order valence-corrected chi connectivity index (χ3v) is 3.05. The molecule has 1 saturated heterocycles. The second-order valence-corrected chi connectivity index (χ2v) is 4.41. The topological polar surface area (TPSA) is 19.4 Å². The Kier molecular flexibility index (Phi) is 3.70. The second kappa shape index (κ2) is 5.23. The van der Waals surface area contributed by atoms with Crippen molar-refractivity contribution in [3.63, 3.8) is 0 Å². The lowest BCUT2D eigenvalue weighted by Gasteiger charge is -2.32. The molecule has 0 N–H and O–H groups in total. The van der Waals surface area contributed by atoms with Crippen LogP contribution in [-0.4, -0.2) is 48.0 Å². The molecular weight excluding hydrogens is 198 g/mol. The maximum atomic E-state index is 4.23. The van der Waals surface area contributed by atoms with Crippen molar-refractivity contribution in [1.29, 1.82) is 0 Å². The van der Waals surface area contributed by atoms with Crippen LogP contribution in [0.4, 0.5) is 0 Å². The summed E-state index contributed by atoms with van der Waals surface area (Å²) in [5, 5.41) is 0. The zero-order chi connectivity index (χ0) is 11.4. The number of rotatable bonds is 3. The standard InChI is InChI=1S/C13H19N3/c1-3-12-8-13(10-14-9-12)11-16-6-4-15(2)5-7-16/h3,8-10H,1,4-7,11H2,2H3. The van der Waals surface area contributed by atoms with Crippen molar-refractivity contribution in [2.75, 3.05) is 33.2 Å². The lowest BCUT2D eigenvalue weighted by atomic mass is 10.2. The van der Waals surface area contributed by atoms with Crippen LogP contribution in [0, 0.1) is 0 Å². The van der Waals surface area contributed by atoms with Gasteiger partial charge >= 0.3 is 0 Å². The summed E-state index contributed by atoms with van der Waals surface area (Å²) in [6.07, 6.45) is 5.65. The first-order valence-corrected chi connectivity index (χ1v) is 5.75. The van der Waals surface area contributed by atoms with Crippen LogP contribution < -0.4 is 0 Å². The number of hydrogen-bond acceptors (Lipinski definition) is 3. The third kappa shape index (κ3) is 2.90. The highest BCUT2D eigenvalue weighted by molar-refractivity contribution is 5.46. The van der Waals surface area contributed by atoms with E-state index in [1.54, 1.807) is 0 Å². The van der Waals surface area contributed by atoms with E-state index in [1.165, 1.54) is 5.56 Å². The second-order valence-electron chi connectivity index (χ2n) is 4.41. The zero-order valence-electron chi connectivity index (χ0n) is 9.89. The number of piperazine rings is 1. The Morgan fingerprint density at radius 2 is 2.06 bits per heavy atom. The van der Waals surface area contributed by atoms with Crippen LogP contribution in [0.2, 0.25) is 0 Å². The normalized spacial score (nSPS) is 18.6. The Balaban J connectivity index is 1.95. The number of nitrogens with zero attached hydrogens (tertiary/aromatic N) is 3. The third-order valence-electron chi connectivity index (χ3n) is 3.05. The molecule has 0 spiro atoms. The maximum Gasteiger partial charge on any atom is 0.0340 e. The molecule has 3 heteroatoms. The molecule has 1 fully saturated rings. The van der Waals surface area contributed by atoms with Gasteiger partial charge in [0.1, 0.15) is 0 Å². The summed E-state index contributed by atoms with van der Waals surface area (Å²) >= 11 is 0. The van der Waals surface area contributed by atoms with Crippen LogP contribution in [-0.2, 0) is 6.54 Å². The van der Waals surface area contributed by atoms with Crippen molar-refractivity contribution in [3.8, 4) is 0 Å². The van der Waals surface area contributed by atoms with Crippen LogP contribution in [0.5, 0.6) is 0 Å². The minimum Gasteiger partial charge on any atom is -0.304 e. The number of likely N-dealkylation sites (N-methyl/N-ethyl adjacent to an activating group) is 1. The van der Waals surface area contributed by atoms with Crippen molar-refractivity contribution in [3.05, 3.63) is 36.2 Å². The smallest absolute Gasteiger partial charge is 0.0340 e. The predicted molar refractivity (Wildman–Crippen MR) is 67.1 cm³/mol. The summed E-state index contributed by atoms with van der Waals surface area (Å²) in [6.45, 7) is 9.39. The summed E-state index contributed by atoms with van der Waals surface area (Å²) < 4.78 is 0. The molecule has 1 aliphatic rings. The highest BCUT2D eigenvalue weighted by Gasteiger charge is 2.13. The minimum atomic E-state index is 1.00. The van der Waals surface area contributed by atoms with Gasteiger partial charge in [0.2, 0.25) is 0 Å². The van der Waals surface area contributed by atoms with E-state index in [9.17, 15) is 0 Å². The molecular formula is C13H19N3.